The van der Waals surface area contributed by atoms with Crippen molar-refractivity contribution >= 4 is 11.1 Å². The van der Waals surface area contributed by atoms with Gasteiger partial charge in [0.25, 0.3) is 0 Å². The van der Waals surface area contributed by atoms with Crippen LogP contribution in [0.4, 0.5) is 0 Å². The van der Waals surface area contributed by atoms with Crippen LogP contribution in [0.5, 0.6) is 0 Å². The number of rotatable bonds is 4. The Hall–Kier alpha value is -1.55. The van der Waals surface area contributed by atoms with Crippen molar-refractivity contribution in [3.8, 4) is 0 Å². The monoisotopic (exact) mass is 248 g/mol. The average molecular weight is 248 g/mol. The highest BCUT2D eigenvalue weighted by atomic mass is 16.4. The number of hydrogen-bond donors (Lipinski definition) is 1. The molecule has 0 aliphatic carbocycles. The second-order valence-electron chi connectivity index (χ2n) is 5.12. The van der Waals surface area contributed by atoms with Crippen LogP contribution in [0.2, 0.25) is 0 Å². The smallest absolute Gasteiger partial charge is 0.408 e. The minimum atomic E-state index is -0.313. The van der Waals surface area contributed by atoms with Crippen LogP contribution in [0.25, 0.3) is 11.1 Å². The largest absolute Gasteiger partial charge is 0.419 e. The number of nitrogens with one attached hydrogen (secondary N) is 1. The molecule has 0 spiro atoms. The maximum atomic E-state index is 11.4. The summed E-state index contributed by atoms with van der Waals surface area (Å²) in [5.74, 6) is 0.299. The normalized spacial score (nSPS) is 13.4. The first-order valence-corrected chi connectivity index (χ1v) is 6.29. The van der Waals surface area contributed by atoms with Crippen molar-refractivity contribution in [3.05, 3.63) is 34.3 Å². The highest BCUT2D eigenvalue weighted by Gasteiger charge is 2.14. The number of benzene rings is 1. The minimum absolute atomic E-state index is 0.292. The van der Waals surface area contributed by atoms with Gasteiger partial charge in [-0.1, -0.05) is 19.9 Å². The number of oxazole rings is 1. The van der Waals surface area contributed by atoms with Crippen molar-refractivity contribution in [2.45, 2.75) is 26.3 Å². The summed E-state index contributed by atoms with van der Waals surface area (Å²) in [5.41, 5.74) is 2.65. The van der Waals surface area contributed by atoms with Crippen LogP contribution in [0.1, 0.15) is 31.9 Å². The van der Waals surface area contributed by atoms with E-state index in [4.69, 9.17) is 4.42 Å². The van der Waals surface area contributed by atoms with E-state index in [1.165, 1.54) is 4.57 Å². The second-order valence-corrected chi connectivity index (χ2v) is 5.12. The number of aromatic nitrogens is 1. The molecule has 1 heterocycles. The first kappa shape index (κ1) is 12.9. The van der Waals surface area contributed by atoms with E-state index in [1.54, 1.807) is 7.05 Å². The van der Waals surface area contributed by atoms with E-state index in [0.717, 1.165) is 17.5 Å². The van der Waals surface area contributed by atoms with Crippen LogP contribution in [-0.4, -0.2) is 11.6 Å². The molecule has 0 aliphatic rings. The quantitative estimate of drug-likeness (QED) is 0.904. The maximum absolute atomic E-state index is 11.4. The number of nitrogens with zero attached hydrogens (tertiary/aromatic N) is 1. The summed E-state index contributed by atoms with van der Waals surface area (Å²) >= 11 is 0. The summed E-state index contributed by atoms with van der Waals surface area (Å²) < 4.78 is 6.74. The molecule has 0 saturated heterocycles. The van der Waals surface area contributed by atoms with Gasteiger partial charge >= 0.3 is 5.76 Å². The van der Waals surface area contributed by atoms with E-state index >= 15 is 0 Å². The zero-order valence-corrected chi connectivity index (χ0v) is 11.4. The van der Waals surface area contributed by atoms with Crippen LogP contribution in [0, 0.1) is 5.92 Å². The molecule has 1 unspecified atom stereocenters. The van der Waals surface area contributed by atoms with Crippen LogP contribution >= 0.6 is 0 Å². The number of aryl methyl sites for hydroxylation is 1. The molecule has 2 rings (SSSR count). The molecule has 98 valence electrons. The lowest BCUT2D eigenvalue weighted by atomic mass is 9.97. The molecule has 4 heteroatoms. The Morgan fingerprint density at radius 2 is 2.11 bits per heavy atom. The van der Waals surface area contributed by atoms with Gasteiger partial charge in [0.15, 0.2) is 5.58 Å². The Balaban J connectivity index is 2.42. The average Bonchev–Trinajstić information content (AvgIpc) is 2.61. The third-order valence-electron chi connectivity index (χ3n) is 3.27. The molecule has 1 N–H and O–H groups in total. The van der Waals surface area contributed by atoms with Crippen molar-refractivity contribution in [3.63, 3.8) is 0 Å². The fraction of sp³-hybridized carbons (Fsp3) is 0.500. The van der Waals surface area contributed by atoms with Crippen molar-refractivity contribution in [2.24, 2.45) is 13.0 Å². The molecule has 4 nitrogen and oxygen atoms in total. The fourth-order valence-corrected chi connectivity index (χ4v) is 2.26. The molecule has 0 aliphatic heterocycles. The van der Waals surface area contributed by atoms with Gasteiger partial charge in [-0.05, 0) is 37.1 Å². The lowest BCUT2D eigenvalue weighted by Crippen LogP contribution is -2.18. The molecule has 2 aromatic rings. The topological polar surface area (TPSA) is 47.2 Å². The third-order valence-corrected chi connectivity index (χ3v) is 3.27. The molecular formula is C14H20N2O2. The van der Waals surface area contributed by atoms with Crippen LogP contribution in [-0.2, 0) is 7.05 Å². The Labute approximate surface area is 107 Å². The van der Waals surface area contributed by atoms with Gasteiger partial charge in [0, 0.05) is 13.1 Å². The summed E-state index contributed by atoms with van der Waals surface area (Å²) in [6, 6.07) is 6.25. The lowest BCUT2D eigenvalue weighted by Gasteiger charge is -2.18. The summed E-state index contributed by atoms with van der Waals surface area (Å²) in [6.07, 6.45) is 1.05. The molecule has 0 radical (unpaired) electrons. The summed E-state index contributed by atoms with van der Waals surface area (Å²) in [4.78, 5) is 11.4. The highest BCUT2D eigenvalue weighted by molar-refractivity contribution is 5.73. The Morgan fingerprint density at radius 3 is 2.72 bits per heavy atom. The summed E-state index contributed by atoms with van der Waals surface area (Å²) in [5, 5.41) is 3.31. The molecule has 1 atom stereocenters. The van der Waals surface area contributed by atoms with E-state index in [1.807, 2.05) is 19.2 Å². The Bertz CT molecular complexity index is 595. The van der Waals surface area contributed by atoms with Gasteiger partial charge in [-0.3, -0.25) is 4.57 Å². The van der Waals surface area contributed by atoms with E-state index in [9.17, 15) is 4.79 Å². The maximum Gasteiger partial charge on any atom is 0.419 e. The molecule has 0 amide bonds. The first-order valence-electron chi connectivity index (χ1n) is 6.29. The molecule has 18 heavy (non-hydrogen) atoms. The minimum Gasteiger partial charge on any atom is -0.408 e. The van der Waals surface area contributed by atoms with Crippen molar-refractivity contribution in [1.82, 2.24) is 9.88 Å². The van der Waals surface area contributed by atoms with Gasteiger partial charge in [-0.2, -0.15) is 0 Å². The number of hydrogen-bond acceptors (Lipinski definition) is 3. The standard InChI is InChI=1S/C14H20N2O2/c1-9(2)7-11(15-3)10-5-6-12-13(8-10)18-14(17)16(12)4/h5-6,8-9,11,15H,7H2,1-4H3. The van der Waals surface area contributed by atoms with Gasteiger partial charge in [0.2, 0.25) is 0 Å². The van der Waals surface area contributed by atoms with Gasteiger partial charge in [0.05, 0.1) is 5.52 Å². The van der Waals surface area contributed by atoms with Gasteiger partial charge in [-0.15, -0.1) is 0 Å². The zero-order valence-electron chi connectivity index (χ0n) is 11.4. The predicted octanol–water partition coefficient (Wildman–Crippen LogP) is 2.44. The van der Waals surface area contributed by atoms with E-state index in [0.29, 0.717) is 17.5 Å². The second kappa shape index (κ2) is 4.98. The van der Waals surface area contributed by atoms with Gasteiger partial charge in [-0.25, -0.2) is 4.79 Å². The van der Waals surface area contributed by atoms with Gasteiger partial charge in [0.1, 0.15) is 0 Å². The summed E-state index contributed by atoms with van der Waals surface area (Å²) in [7, 11) is 3.68. The van der Waals surface area contributed by atoms with Crippen LogP contribution in [0.15, 0.2) is 27.4 Å². The van der Waals surface area contributed by atoms with Crippen molar-refractivity contribution in [2.75, 3.05) is 7.05 Å². The van der Waals surface area contributed by atoms with Gasteiger partial charge < -0.3 is 9.73 Å². The third kappa shape index (κ3) is 2.34. The molecular weight excluding hydrogens is 228 g/mol. The molecule has 0 bridgehead atoms. The first-order chi connectivity index (χ1) is 8.52. The lowest BCUT2D eigenvalue weighted by molar-refractivity contribution is 0.456. The van der Waals surface area contributed by atoms with Crippen molar-refractivity contribution < 1.29 is 4.42 Å². The number of fused-ring (bicyclic) bond motifs is 1. The predicted molar refractivity (Wildman–Crippen MR) is 72.7 cm³/mol. The summed E-state index contributed by atoms with van der Waals surface area (Å²) in [6.45, 7) is 4.40. The van der Waals surface area contributed by atoms with E-state index < -0.39 is 0 Å². The molecule has 1 aromatic carbocycles. The van der Waals surface area contributed by atoms with Crippen LogP contribution in [0.3, 0.4) is 0 Å². The molecule has 0 fully saturated rings. The molecule has 1 aromatic heterocycles. The van der Waals surface area contributed by atoms with Crippen molar-refractivity contribution in [1.29, 1.82) is 0 Å². The van der Waals surface area contributed by atoms with Crippen LogP contribution < -0.4 is 11.1 Å². The SMILES string of the molecule is CNC(CC(C)C)c1ccc2c(c1)oc(=O)n2C. The van der Waals surface area contributed by atoms with E-state index in [-0.39, 0.29) is 5.76 Å². The molecule has 0 saturated carbocycles. The Kier molecular flexibility index (Phi) is 3.57. The fourth-order valence-electron chi connectivity index (χ4n) is 2.26. The van der Waals surface area contributed by atoms with E-state index in [2.05, 4.69) is 25.2 Å². The highest BCUT2D eigenvalue weighted by Crippen LogP contribution is 2.24. The zero-order chi connectivity index (χ0) is 13.3. The Morgan fingerprint density at radius 1 is 1.39 bits per heavy atom.